The number of alkyl halides is 1. The molecule has 3 rings (SSSR count). The van der Waals surface area contributed by atoms with E-state index in [1.165, 1.54) is 0 Å². The number of halogens is 1. The zero-order valence-corrected chi connectivity index (χ0v) is 13.8. The molecule has 0 aromatic carbocycles. The molecule has 0 unspecified atom stereocenters. The summed E-state index contributed by atoms with van der Waals surface area (Å²) in [5.41, 5.74) is 0. The largest absolute Gasteiger partial charge is 0.337 e. The van der Waals surface area contributed by atoms with E-state index in [2.05, 4.69) is 26.9 Å². The lowest BCUT2D eigenvalue weighted by atomic mass is 10.2. The maximum atomic E-state index is 13.9. The number of aromatic nitrogens is 4. The molecule has 23 heavy (non-hydrogen) atoms. The van der Waals surface area contributed by atoms with Crippen LogP contribution >= 0.6 is 0 Å². The Labute approximate surface area is 136 Å². The van der Waals surface area contributed by atoms with Crippen LogP contribution in [-0.4, -0.2) is 68.0 Å². The zero-order chi connectivity index (χ0) is 16.2. The minimum atomic E-state index is -0.736. The Kier molecular flexibility index (Phi) is 5.07. The van der Waals surface area contributed by atoms with Gasteiger partial charge >= 0.3 is 0 Å². The van der Waals surface area contributed by atoms with Crippen molar-refractivity contribution in [2.75, 3.05) is 26.7 Å². The van der Waals surface area contributed by atoms with Crippen LogP contribution in [0.4, 0.5) is 4.39 Å². The Bertz CT molecular complexity index is 595. The Balaban J connectivity index is 1.53. The number of imidazole rings is 1. The van der Waals surface area contributed by atoms with Crippen LogP contribution in [0.1, 0.15) is 12.2 Å². The van der Waals surface area contributed by atoms with Gasteiger partial charge < -0.3 is 9.47 Å². The molecule has 0 aliphatic carbocycles. The average Bonchev–Trinajstić information content (AvgIpc) is 3.22. The van der Waals surface area contributed by atoms with Gasteiger partial charge in [0.1, 0.15) is 12.0 Å². The molecule has 1 aliphatic heterocycles. The highest BCUT2D eigenvalue weighted by atomic mass is 19.1. The topological polar surface area (TPSA) is 42.1 Å². The zero-order valence-electron chi connectivity index (χ0n) is 13.8. The van der Waals surface area contributed by atoms with Crippen LogP contribution in [0.15, 0.2) is 30.9 Å². The molecule has 0 N–H and O–H groups in total. The molecule has 1 aliphatic rings. The summed E-state index contributed by atoms with van der Waals surface area (Å²) in [6.07, 6.45) is 7.36. The van der Waals surface area contributed by atoms with Crippen LogP contribution in [0, 0.1) is 0 Å². The third-order valence-electron chi connectivity index (χ3n) is 4.53. The summed E-state index contributed by atoms with van der Waals surface area (Å²) in [6.45, 7) is 3.85. The Morgan fingerprint density at radius 1 is 1.35 bits per heavy atom. The fourth-order valence-corrected chi connectivity index (χ4v) is 3.19. The van der Waals surface area contributed by atoms with Crippen molar-refractivity contribution in [1.29, 1.82) is 0 Å². The lowest BCUT2D eigenvalue weighted by molar-refractivity contribution is 0.176. The van der Waals surface area contributed by atoms with Crippen LogP contribution in [0.25, 0.3) is 0 Å². The van der Waals surface area contributed by atoms with Gasteiger partial charge in [-0.25, -0.2) is 9.37 Å². The smallest absolute Gasteiger partial charge is 0.122 e. The van der Waals surface area contributed by atoms with Crippen LogP contribution in [-0.2, 0) is 20.1 Å². The average molecular weight is 320 g/mol. The highest BCUT2D eigenvalue weighted by Gasteiger charge is 2.33. The molecule has 0 amide bonds. The highest BCUT2D eigenvalue weighted by molar-refractivity contribution is 4.95. The van der Waals surface area contributed by atoms with E-state index in [1.54, 1.807) is 12.4 Å². The summed E-state index contributed by atoms with van der Waals surface area (Å²) in [4.78, 5) is 8.84. The number of hydrogen-bond acceptors (Lipinski definition) is 4. The molecule has 0 saturated carbocycles. The summed E-state index contributed by atoms with van der Waals surface area (Å²) < 4.78 is 17.8. The van der Waals surface area contributed by atoms with E-state index in [1.807, 2.05) is 34.8 Å². The summed E-state index contributed by atoms with van der Waals surface area (Å²) in [5.74, 6) is 0.989. The molecular weight excluding hydrogens is 295 g/mol. The molecule has 2 aromatic heterocycles. The van der Waals surface area contributed by atoms with Crippen molar-refractivity contribution in [1.82, 2.24) is 29.1 Å². The van der Waals surface area contributed by atoms with Crippen LogP contribution in [0.3, 0.4) is 0 Å². The molecule has 126 valence electrons. The third-order valence-corrected chi connectivity index (χ3v) is 4.53. The molecule has 6 nitrogen and oxygen atoms in total. The van der Waals surface area contributed by atoms with Gasteiger partial charge in [-0.05, 0) is 19.5 Å². The summed E-state index contributed by atoms with van der Waals surface area (Å²) in [5, 5.41) is 4.22. The molecule has 0 spiro atoms. The first-order chi connectivity index (χ1) is 11.1. The predicted octanol–water partition coefficient (Wildman–Crippen LogP) is 1.16. The van der Waals surface area contributed by atoms with Crippen molar-refractivity contribution in [2.45, 2.75) is 31.7 Å². The van der Waals surface area contributed by atoms with Gasteiger partial charge in [0, 0.05) is 57.5 Å². The molecule has 3 heterocycles. The van der Waals surface area contributed by atoms with Gasteiger partial charge in [-0.15, -0.1) is 0 Å². The van der Waals surface area contributed by atoms with Gasteiger partial charge in [-0.3, -0.25) is 9.58 Å². The summed E-state index contributed by atoms with van der Waals surface area (Å²) >= 11 is 0. The van der Waals surface area contributed by atoms with E-state index >= 15 is 0 Å². The van der Waals surface area contributed by atoms with Crippen LogP contribution in [0.2, 0.25) is 0 Å². The minimum absolute atomic E-state index is 0.240. The maximum absolute atomic E-state index is 13.9. The van der Waals surface area contributed by atoms with Gasteiger partial charge in [0.15, 0.2) is 0 Å². The highest BCUT2D eigenvalue weighted by Crippen LogP contribution is 2.22. The van der Waals surface area contributed by atoms with Gasteiger partial charge in [0.25, 0.3) is 0 Å². The lowest BCUT2D eigenvalue weighted by Crippen LogP contribution is -2.39. The third kappa shape index (κ3) is 4.17. The molecule has 2 aromatic rings. The van der Waals surface area contributed by atoms with Gasteiger partial charge in [0.05, 0.1) is 13.1 Å². The van der Waals surface area contributed by atoms with E-state index in [9.17, 15) is 4.39 Å². The predicted molar refractivity (Wildman–Crippen MR) is 86.6 cm³/mol. The van der Waals surface area contributed by atoms with E-state index < -0.39 is 6.17 Å². The summed E-state index contributed by atoms with van der Waals surface area (Å²) in [7, 11) is 4.07. The first-order valence-electron chi connectivity index (χ1n) is 8.12. The summed E-state index contributed by atoms with van der Waals surface area (Å²) in [6, 6.07) is 2.17. The SMILES string of the molecule is CN(CCn1cccn1)C[C@@H]1C[C@H](F)CN1Cc1nccn1C. The maximum Gasteiger partial charge on any atom is 0.122 e. The molecule has 1 fully saturated rings. The molecule has 7 heteroatoms. The van der Waals surface area contributed by atoms with Crippen molar-refractivity contribution >= 4 is 0 Å². The Morgan fingerprint density at radius 3 is 2.91 bits per heavy atom. The van der Waals surface area contributed by atoms with E-state index in [-0.39, 0.29) is 6.04 Å². The molecule has 0 bridgehead atoms. The first-order valence-corrected chi connectivity index (χ1v) is 8.12. The van der Waals surface area contributed by atoms with E-state index in [0.717, 1.165) is 25.5 Å². The second-order valence-electron chi connectivity index (χ2n) is 6.40. The van der Waals surface area contributed by atoms with Gasteiger partial charge in [-0.1, -0.05) is 0 Å². The lowest BCUT2D eigenvalue weighted by Gasteiger charge is -2.28. The quantitative estimate of drug-likeness (QED) is 0.768. The normalized spacial score (nSPS) is 22.3. The molecule has 2 atom stereocenters. The number of rotatable bonds is 7. The first kappa shape index (κ1) is 16.1. The van der Waals surface area contributed by atoms with Crippen LogP contribution < -0.4 is 0 Å². The molecule has 0 radical (unpaired) electrons. The second kappa shape index (κ2) is 7.23. The van der Waals surface area contributed by atoms with Crippen molar-refractivity contribution in [3.63, 3.8) is 0 Å². The van der Waals surface area contributed by atoms with Crippen molar-refractivity contribution < 1.29 is 4.39 Å². The Hall–Kier alpha value is -1.73. The fraction of sp³-hybridized carbons (Fsp3) is 0.625. The minimum Gasteiger partial charge on any atom is -0.337 e. The van der Waals surface area contributed by atoms with Crippen molar-refractivity contribution in [2.24, 2.45) is 7.05 Å². The number of aryl methyl sites for hydroxylation is 1. The van der Waals surface area contributed by atoms with Crippen molar-refractivity contribution in [3.05, 3.63) is 36.7 Å². The number of nitrogens with zero attached hydrogens (tertiary/aromatic N) is 6. The standard InChI is InChI=1S/C16H25FN6/c1-20(8-9-23-6-3-4-19-23)12-15-10-14(17)11-22(15)13-16-18-5-7-21(16)2/h3-7,14-15H,8-13H2,1-2H3/t14-,15-/m0/s1. The molecule has 1 saturated heterocycles. The van der Waals surface area contributed by atoms with E-state index in [4.69, 9.17) is 0 Å². The van der Waals surface area contributed by atoms with Crippen molar-refractivity contribution in [3.8, 4) is 0 Å². The van der Waals surface area contributed by atoms with Crippen LogP contribution in [0.5, 0.6) is 0 Å². The van der Waals surface area contributed by atoms with Gasteiger partial charge in [-0.2, -0.15) is 5.10 Å². The van der Waals surface area contributed by atoms with Gasteiger partial charge in [0.2, 0.25) is 0 Å². The van der Waals surface area contributed by atoms with E-state index in [0.29, 0.717) is 19.5 Å². The number of likely N-dealkylation sites (tertiary alicyclic amines) is 1. The number of likely N-dealkylation sites (N-methyl/N-ethyl adjacent to an activating group) is 1. The Morgan fingerprint density at radius 2 is 2.22 bits per heavy atom. The number of hydrogen-bond donors (Lipinski definition) is 0. The second-order valence-corrected chi connectivity index (χ2v) is 6.40. The molecular formula is C16H25FN6. The fourth-order valence-electron chi connectivity index (χ4n) is 3.19. The monoisotopic (exact) mass is 320 g/mol.